The van der Waals surface area contributed by atoms with Crippen LogP contribution in [0.3, 0.4) is 0 Å². The van der Waals surface area contributed by atoms with Crippen LogP contribution in [0.2, 0.25) is 0 Å². The summed E-state index contributed by atoms with van der Waals surface area (Å²) >= 11 is 1.73. The number of esters is 1. The number of amides is 1. The van der Waals surface area contributed by atoms with Gasteiger partial charge in [0, 0.05) is 31.6 Å². The zero-order valence-electron chi connectivity index (χ0n) is 17.5. The highest BCUT2D eigenvalue weighted by Gasteiger charge is 2.27. The van der Waals surface area contributed by atoms with Crippen LogP contribution in [0.1, 0.15) is 37.5 Å². The molecule has 0 saturated heterocycles. The van der Waals surface area contributed by atoms with E-state index in [1.165, 1.54) is 9.78 Å². The van der Waals surface area contributed by atoms with E-state index in [1.54, 1.807) is 25.4 Å². The molecule has 1 heterocycles. The van der Waals surface area contributed by atoms with E-state index in [9.17, 15) is 9.59 Å². The molecule has 0 radical (unpaired) electrons. The molecule has 164 valence electrons. The maximum atomic E-state index is 11.9. The Morgan fingerprint density at radius 3 is 2.59 bits per heavy atom. The van der Waals surface area contributed by atoms with Crippen molar-refractivity contribution in [3.05, 3.63) is 22.4 Å². The number of rotatable bonds is 8. The van der Waals surface area contributed by atoms with Crippen LogP contribution in [0.25, 0.3) is 0 Å². The first-order valence-electron chi connectivity index (χ1n) is 9.93. The van der Waals surface area contributed by atoms with Crippen LogP contribution in [0.4, 0.5) is 0 Å². The summed E-state index contributed by atoms with van der Waals surface area (Å²) in [5.41, 5.74) is 0. The number of hydrogen-bond acceptors (Lipinski definition) is 5. The van der Waals surface area contributed by atoms with Crippen molar-refractivity contribution in [1.82, 2.24) is 15.5 Å². The van der Waals surface area contributed by atoms with E-state index < -0.39 is 0 Å². The molecule has 0 aromatic carbocycles. The fourth-order valence-corrected chi connectivity index (χ4v) is 3.84. The van der Waals surface area contributed by atoms with E-state index in [0.29, 0.717) is 12.6 Å². The van der Waals surface area contributed by atoms with Gasteiger partial charge in [0.25, 0.3) is 0 Å². The first-order chi connectivity index (χ1) is 13.5. The number of nitrogens with zero attached hydrogens (tertiary/aromatic N) is 2. The third-order valence-electron chi connectivity index (χ3n) is 4.80. The molecule has 0 spiro atoms. The molecule has 2 rings (SSSR count). The minimum absolute atomic E-state index is 0. The third kappa shape index (κ3) is 9.33. The lowest BCUT2D eigenvalue weighted by Gasteiger charge is -2.29. The Bertz CT molecular complexity index is 644. The lowest BCUT2D eigenvalue weighted by Crippen LogP contribution is -2.46. The van der Waals surface area contributed by atoms with Crippen molar-refractivity contribution in [2.45, 2.75) is 45.1 Å². The smallest absolute Gasteiger partial charge is 0.308 e. The van der Waals surface area contributed by atoms with Gasteiger partial charge >= 0.3 is 5.97 Å². The Labute approximate surface area is 194 Å². The predicted octanol–water partition coefficient (Wildman–Crippen LogP) is 2.65. The molecule has 9 heteroatoms. The van der Waals surface area contributed by atoms with E-state index >= 15 is 0 Å². The molecule has 0 unspecified atom stereocenters. The van der Waals surface area contributed by atoms with E-state index in [1.807, 2.05) is 13.0 Å². The maximum Gasteiger partial charge on any atom is 0.308 e. The second-order valence-electron chi connectivity index (χ2n) is 7.15. The number of nitrogens with one attached hydrogen (secondary N) is 2. The predicted molar refractivity (Wildman–Crippen MR) is 128 cm³/mol. The molecule has 0 atom stereocenters. The molecule has 1 saturated carbocycles. The molecule has 2 N–H and O–H groups in total. The molecule has 1 aliphatic carbocycles. The number of likely N-dealkylation sites (N-methyl/N-ethyl adjacent to an activating group) is 1. The molecule has 1 aromatic heterocycles. The van der Waals surface area contributed by atoms with Gasteiger partial charge in [0.2, 0.25) is 5.91 Å². The van der Waals surface area contributed by atoms with Crippen LogP contribution < -0.4 is 10.6 Å². The molecule has 29 heavy (non-hydrogen) atoms. The molecule has 1 aliphatic rings. The zero-order valence-corrected chi connectivity index (χ0v) is 20.6. The Kier molecular flexibility index (Phi) is 12.2. The molecular weight excluding hydrogens is 503 g/mol. The summed E-state index contributed by atoms with van der Waals surface area (Å²) < 4.78 is 5.14. The lowest BCUT2D eigenvalue weighted by atomic mass is 9.86. The lowest BCUT2D eigenvalue weighted by molar-refractivity contribution is -0.149. The number of carbonyl (C=O) groups excluding carboxylic acids is 2. The summed E-state index contributed by atoms with van der Waals surface area (Å²) in [6, 6.07) is 4.40. The fraction of sp³-hybridized carbons (Fsp3) is 0.650. The highest BCUT2D eigenvalue weighted by Crippen LogP contribution is 2.25. The quantitative estimate of drug-likeness (QED) is 0.231. The maximum absolute atomic E-state index is 11.9. The van der Waals surface area contributed by atoms with Gasteiger partial charge in [-0.15, -0.1) is 35.3 Å². The normalized spacial score (nSPS) is 19.1. The highest BCUT2D eigenvalue weighted by molar-refractivity contribution is 14.0. The van der Waals surface area contributed by atoms with Gasteiger partial charge in [0.15, 0.2) is 5.96 Å². The molecular formula is C20H33IN4O3S. The van der Waals surface area contributed by atoms with E-state index in [-0.39, 0.29) is 54.4 Å². The van der Waals surface area contributed by atoms with Crippen LogP contribution >= 0.6 is 35.3 Å². The van der Waals surface area contributed by atoms with Crippen LogP contribution in [0.15, 0.2) is 22.5 Å². The number of carbonyl (C=O) groups is 2. The summed E-state index contributed by atoms with van der Waals surface area (Å²) in [6.45, 7) is 3.13. The van der Waals surface area contributed by atoms with E-state index in [4.69, 9.17) is 4.74 Å². The number of hydrogen-bond donors (Lipinski definition) is 2. The van der Waals surface area contributed by atoms with Crippen LogP contribution in [0.5, 0.6) is 0 Å². The van der Waals surface area contributed by atoms with Crippen LogP contribution in [-0.2, 0) is 20.7 Å². The van der Waals surface area contributed by atoms with Crippen LogP contribution in [0, 0.1) is 5.92 Å². The largest absolute Gasteiger partial charge is 0.466 e. The molecule has 1 aromatic rings. The average Bonchev–Trinajstić information content (AvgIpc) is 3.19. The van der Waals surface area contributed by atoms with Crippen molar-refractivity contribution in [2.75, 3.05) is 33.8 Å². The number of thiophene rings is 1. The first kappa shape index (κ1) is 25.7. The van der Waals surface area contributed by atoms with Gasteiger partial charge < -0.3 is 20.3 Å². The summed E-state index contributed by atoms with van der Waals surface area (Å²) in [7, 11) is 3.46. The Morgan fingerprint density at radius 2 is 2.00 bits per heavy atom. The van der Waals surface area contributed by atoms with Crippen molar-refractivity contribution in [3.63, 3.8) is 0 Å². The second-order valence-corrected chi connectivity index (χ2v) is 8.19. The Balaban J connectivity index is 0.00000420. The molecule has 0 aliphatic heterocycles. The monoisotopic (exact) mass is 536 g/mol. The standard InChI is InChI=1S/C20H32N4O3S.HI/c1-4-27-19(26)15-7-9-16(10-8-15)23-20(22-14-18(25)24(2)3)21-12-11-17-6-5-13-28-17;/h5-6,13,15-16H,4,7-12,14H2,1-3H3,(H2,21,22,23);1H. The number of guanidine groups is 1. The number of aliphatic imine (C=N–C) groups is 1. The van der Waals surface area contributed by atoms with Crippen molar-refractivity contribution >= 4 is 53.1 Å². The van der Waals surface area contributed by atoms with Gasteiger partial charge in [-0.3, -0.25) is 9.59 Å². The van der Waals surface area contributed by atoms with Crippen molar-refractivity contribution in [1.29, 1.82) is 0 Å². The van der Waals surface area contributed by atoms with Crippen LogP contribution in [-0.4, -0.2) is 62.6 Å². The minimum atomic E-state index is -0.0829. The Morgan fingerprint density at radius 1 is 1.28 bits per heavy atom. The summed E-state index contributed by atoms with van der Waals surface area (Å²) in [6.07, 6.45) is 4.31. The molecule has 7 nitrogen and oxygen atoms in total. The van der Waals surface area contributed by atoms with Crippen molar-refractivity contribution in [2.24, 2.45) is 10.9 Å². The highest BCUT2D eigenvalue weighted by atomic mass is 127. The number of ether oxygens (including phenoxy) is 1. The fourth-order valence-electron chi connectivity index (χ4n) is 3.13. The van der Waals surface area contributed by atoms with Crippen molar-refractivity contribution in [3.8, 4) is 0 Å². The van der Waals surface area contributed by atoms with Gasteiger partial charge in [0.1, 0.15) is 6.54 Å². The summed E-state index contributed by atoms with van der Waals surface area (Å²) in [5.74, 6) is 0.540. The summed E-state index contributed by atoms with van der Waals surface area (Å²) in [4.78, 5) is 31.1. The molecule has 1 amide bonds. The minimum Gasteiger partial charge on any atom is -0.466 e. The molecule has 1 fully saturated rings. The van der Waals surface area contributed by atoms with E-state index in [2.05, 4.69) is 27.1 Å². The van der Waals surface area contributed by atoms with Gasteiger partial charge in [0.05, 0.1) is 12.5 Å². The topological polar surface area (TPSA) is 83.0 Å². The Hall–Kier alpha value is -1.36. The van der Waals surface area contributed by atoms with Gasteiger partial charge in [-0.25, -0.2) is 4.99 Å². The summed E-state index contributed by atoms with van der Waals surface area (Å²) in [5, 5.41) is 8.85. The average molecular weight is 536 g/mol. The van der Waals surface area contributed by atoms with Gasteiger partial charge in [-0.05, 0) is 50.5 Å². The van der Waals surface area contributed by atoms with Gasteiger partial charge in [-0.2, -0.15) is 0 Å². The first-order valence-corrected chi connectivity index (χ1v) is 10.8. The number of halogens is 1. The zero-order chi connectivity index (χ0) is 20.4. The molecule has 0 bridgehead atoms. The third-order valence-corrected chi connectivity index (χ3v) is 5.74. The van der Waals surface area contributed by atoms with Gasteiger partial charge in [-0.1, -0.05) is 6.07 Å². The SMILES string of the molecule is CCOC(=O)C1CCC(NC(=NCC(=O)N(C)C)NCCc2cccs2)CC1.I. The second kappa shape index (κ2) is 13.8. The van der Waals surface area contributed by atoms with E-state index in [0.717, 1.165) is 38.6 Å². The van der Waals surface area contributed by atoms with Crippen molar-refractivity contribution < 1.29 is 14.3 Å².